The Hall–Kier alpha value is -1.94. The van der Waals surface area contributed by atoms with Crippen LogP contribution in [-0.4, -0.2) is 96.7 Å². The van der Waals surface area contributed by atoms with Crippen LogP contribution in [0.5, 0.6) is 0 Å². The van der Waals surface area contributed by atoms with Crippen molar-refractivity contribution in [1.29, 1.82) is 0 Å². The van der Waals surface area contributed by atoms with Crippen molar-refractivity contribution in [3.8, 4) is 0 Å². The van der Waals surface area contributed by atoms with E-state index in [1.165, 1.54) is 167 Å². The van der Waals surface area contributed by atoms with Gasteiger partial charge in [0.05, 0.1) is 26.4 Å². The van der Waals surface area contributed by atoms with Crippen LogP contribution < -0.4 is 0 Å². The summed E-state index contributed by atoms with van der Waals surface area (Å²) in [6.45, 7) is 14.1. The van der Waals surface area contributed by atoms with Crippen LogP contribution in [0, 0.1) is 23.7 Å². The summed E-state index contributed by atoms with van der Waals surface area (Å²) in [5.41, 5.74) is 0. The summed E-state index contributed by atoms with van der Waals surface area (Å²) in [6, 6.07) is 0. The van der Waals surface area contributed by atoms with Crippen molar-refractivity contribution in [2.45, 2.75) is 388 Å². The third-order valence-corrected chi connectivity index (χ3v) is 19.3. The largest absolute Gasteiger partial charge is 0.472 e. The first kappa shape index (κ1) is 91.1. The van der Waals surface area contributed by atoms with E-state index < -0.39 is 97.5 Å². The maximum Gasteiger partial charge on any atom is 0.472 e. The van der Waals surface area contributed by atoms with Gasteiger partial charge in [-0.25, -0.2) is 9.13 Å². The molecule has 0 aliphatic heterocycles. The van der Waals surface area contributed by atoms with Crippen LogP contribution >= 0.6 is 15.6 Å². The highest BCUT2D eigenvalue weighted by Crippen LogP contribution is 2.45. The van der Waals surface area contributed by atoms with Crippen LogP contribution in [0.3, 0.4) is 0 Å². The van der Waals surface area contributed by atoms with Gasteiger partial charge in [0.15, 0.2) is 12.2 Å². The fraction of sp³-hybridized carbons (Fsp3) is 0.946. The Morgan fingerprint density at radius 2 is 0.516 bits per heavy atom. The van der Waals surface area contributed by atoms with Gasteiger partial charge in [-0.2, -0.15) is 0 Å². The average molecular weight is 1370 g/mol. The van der Waals surface area contributed by atoms with Crippen molar-refractivity contribution in [2.75, 3.05) is 39.6 Å². The first-order valence-corrected chi connectivity index (χ1v) is 41.2. The zero-order chi connectivity index (χ0) is 68.9. The number of hydrogen-bond donors (Lipinski definition) is 3. The van der Waals surface area contributed by atoms with Gasteiger partial charge < -0.3 is 33.8 Å². The lowest BCUT2D eigenvalue weighted by Gasteiger charge is -2.21. The topological polar surface area (TPSA) is 237 Å². The Labute approximate surface area is 568 Å². The number of esters is 4. The number of carbonyl (C=O) groups is 4. The lowest BCUT2D eigenvalue weighted by Crippen LogP contribution is -2.30. The van der Waals surface area contributed by atoms with E-state index in [2.05, 4.69) is 55.4 Å². The lowest BCUT2D eigenvalue weighted by atomic mass is 10.00. The monoisotopic (exact) mass is 1370 g/mol. The second-order valence-electron chi connectivity index (χ2n) is 28.4. The summed E-state index contributed by atoms with van der Waals surface area (Å²) in [7, 11) is -9.91. The third kappa shape index (κ3) is 67.0. The zero-order valence-corrected chi connectivity index (χ0v) is 62.7. The van der Waals surface area contributed by atoms with Gasteiger partial charge in [-0.1, -0.05) is 319 Å². The minimum Gasteiger partial charge on any atom is -0.462 e. The van der Waals surface area contributed by atoms with Gasteiger partial charge in [0, 0.05) is 25.7 Å². The molecule has 0 aliphatic carbocycles. The molecular formula is C74H144O17P2. The Bertz CT molecular complexity index is 1840. The fourth-order valence-corrected chi connectivity index (χ4v) is 12.7. The molecule has 3 N–H and O–H groups in total. The number of hydrogen-bond acceptors (Lipinski definition) is 15. The molecule has 552 valence electrons. The van der Waals surface area contributed by atoms with Crippen LogP contribution in [0.25, 0.3) is 0 Å². The predicted molar refractivity (Wildman–Crippen MR) is 377 cm³/mol. The van der Waals surface area contributed by atoms with E-state index in [4.69, 9.17) is 37.0 Å². The molecule has 0 radical (unpaired) electrons. The number of phosphoric acid groups is 2. The van der Waals surface area contributed by atoms with Crippen molar-refractivity contribution in [3.05, 3.63) is 0 Å². The molecule has 6 atom stereocenters. The molecule has 0 aromatic heterocycles. The number of carbonyl (C=O) groups excluding carboxylic acids is 4. The fourth-order valence-electron chi connectivity index (χ4n) is 11.2. The molecule has 0 fully saturated rings. The summed E-state index contributed by atoms with van der Waals surface area (Å²) in [4.78, 5) is 72.7. The maximum absolute atomic E-state index is 13.0. The first-order valence-electron chi connectivity index (χ1n) is 38.2. The van der Waals surface area contributed by atoms with Gasteiger partial charge in [-0.3, -0.25) is 37.3 Å². The molecule has 0 amide bonds. The van der Waals surface area contributed by atoms with Gasteiger partial charge in [0.25, 0.3) is 0 Å². The van der Waals surface area contributed by atoms with E-state index >= 15 is 0 Å². The first-order chi connectivity index (χ1) is 44.6. The van der Waals surface area contributed by atoms with E-state index in [0.29, 0.717) is 25.7 Å². The van der Waals surface area contributed by atoms with Crippen LogP contribution in [0.15, 0.2) is 0 Å². The number of rotatable bonds is 71. The summed E-state index contributed by atoms with van der Waals surface area (Å²) in [6.07, 6.45) is 47.2. The van der Waals surface area contributed by atoms with Gasteiger partial charge in [0.1, 0.15) is 19.3 Å². The predicted octanol–water partition coefficient (Wildman–Crippen LogP) is 21.3. The number of aliphatic hydroxyl groups excluding tert-OH is 1. The molecule has 4 unspecified atom stereocenters. The minimum absolute atomic E-state index is 0.105. The molecule has 17 nitrogen and oxygen atoms in total. The standard InChI is InChI=1S/C74H144O17P2/c1-9-67(8)53-45-37-32-33-39-47-55-72(77)85-61-70(91-73(78)56-48-40-30-22-18-14-12-10-11-13-16-20-26-34-42-50-64(2)3)63-89-93(82,83)87-59-68(75)58-86-92(80,81)88-62-69(60-84-71(76)54-46-38-29-25-24-28-36-44-52-66(6)7)90-74(79)57-49-41-31-23-19-15-17-21-27-35-43-51-65(4)5/h64-70,75H,9-63H2,1-8H3,(H,80,81)(H,82,83)/t67?,68?,69-,70-/m1/s1. The summed E-state index contributed by atoms with van der Waals surface area (Å²) < 4.78 is 68.4. The Morgan fingerprint density at radius 3 is 0.763 bits per heavy atom. The average Bonchev–Trinajstić information content (AvgIpc) is 1.73. The molecule has 0 saturated carbocycles. The van der Waals surface area contributed by atoms with Crippen LogP contribution in [0.4, 0.5) is 0 Å². The molecule has 0 heterocycles. The lowest BCUT2D eigenvalue weighted by molar-refractivity contribution is -0.161. The Balaban J connectivity index is 5.23. The van der Waals surface area contributed by atoms with E-state index in [1.54, 1.807) is 0 Å². The van der Waals surface area contributed by atoms with Crippen LogP contribution in [0.2, 0.25) is 0 Å². The van der Waals surface area contributed by atoms with Gasteiger partial charge in [-0.15, -0.1) is 0 Å². The Kier molecular flexibility index (Phi) is 62.2. The van der Waals surface area contributed by atoms with E-state index in [-0.39, 0.29) is 25.7 Å². The Morgan fingerprint density at radius 1 is 0.301 bits per heavy atom. The second-order valence-corrected chi connectivity index (χ2v) is 31.3. The van der Waals surface area contributed by atoms with E-state index in [0.717, 1.165) is 120 Å². The quantitative estimate of drug-likeness (QED) is 0.0222. The van der Waals surface area contributed by atoms with Crippen LogP contribution in [-0.2, 0) is 65.4 Å². The SMILES string of the molecule is CCC(C)CCCCCCCCC(=O)OC[C@H](COP(=O)(O)OCC(O)COP(=O)(O)OC[C@@H](COC(=O)CCCCCCCCCCC(C)C)OC(=O)CCCCCCCCCCCCCC(C)C)OC(=O)CCCCCCCCCCCCCCCCCC(C)C. The molecule has 93 heavy (non-hydrogen) atoms. The highest BCUT2D eigenvalue weighted by Gasteiger charge is 2.30. The second kappa shape index (κ2) is 63.5. The summed E-state index contributed by atoms with van der Waals surface area (Å²) in [5, 5.41) is 10.6. The number of phosphoric ester groups is 2. The summed E-state index contributed by atoms with van der Waals surface area (Å²) >= 11 is 0. The molecular weight excluding hydrogens is 1220 g/mol. The van der Waals surface area contributed by atoms with E-state index in [9.17, 15) is 43.2 Å². The van der Waals surface area contributed by atoms with Crippen molar-refractivity contribution in [2.24, 2.45) is 23.7 Å². The van der Waals surface area contributed by atoms with Crippen LogP contribution in [0.1, 0.15) is 370 Å². The highest BCUT2D eigenvalue weighted by atomic mass is 31.2. The van der Waals surface area contributed by atoms with Gasteiger partial charge in [0.2, 0.25) is 0 Å². The molecule has 0 saturated heterocycles. The van der Waals surface area contributed by atoms with Crippen molar-refractivity contribution in [3.63, 3.8) is 0 Å². The van der Waals surface area contributed by atoms with Crippen molar-refractivity contribution in [1.82, 2.24) is 0 Å². The third-order valence-electron chi connectivity index (χ3n) is 17.4. The van der Waals surface area contributed by atoms with Crippen molar-refractivity contribution < 1.29 is 80.2 Å². The van der Waals surface area contributed by atoms with E-state index in [1.807, 2.05) is 0 Å². The van der Waals surface area contributed by atoms with Gasteiger partial charge >= 0.3 is 39.5 Å². The molecule has 0 bridgehead atoms. The highest BCUT2D eigenvalue weighted by molar-refractivity contribution is 7.47. The molecule has 0 aromatic carbocycles. The molecule has 19 heteroatoms. The smallest absolute Gasteiger partial charge is 0.462 e. The summed E-state index contributed by atoms with van der Waals surface area (Å²) in [5.74, 6) is 0.900. The minimum atomic E-state index is -4.96. The van der Waals surface area contributed by atoms with Gasteiger partial charge in [-0.05, 0) is 49.4 Å². The number of aliphatic hydroxyl groups is 1. The van der Waals surface area contributed by atoms with Crippen molar-refractivity contribution >= 4 is 39.5 Å². The number of unbranched alkanes of at least 4 members (excludes halogenated alkanes) is 36. The number of ether oxygens (including phenoxy) is 4. The molecule has 0 spiro atoms. The normalized spacial score (nSPS) is 14.5. The zero-order valence-electron chi connectivity index (χ0n) is 60.9. The molecule has 0 aromatic rings. The molecule has 0 aliphatic rings. The maximum atomic E-state index is 13.0. The molecule has 0 rings (SSSR count).